The number of benzene rings is 3. The second kappa shape index (κ2) is 9.19. The number of hydrogen-bond donors (Lipinski definition) is 1. The van der Waals surface area contributed by atoms with Crippen LogP contribution in [0.1, 0.15) is 11.1 Å². The summed E-state index contributed by atoms with van der Waals surface area (Å²) in [5, 5.41) is 12.6. The summed E-state index contributed by atoms with van der Waals surface area (Å²) in [6.07, 6.45) is 0. The van der Waals surface area contributed by atoms with Gasteiger partial charge in [0.15, 0.2) is 5.69 Å². The molecule has 0 saturated carbocycles. The van der Waals surface area contributed by atoms with E-state index in [0.29, 0.717) is 24.0 Å². The van der Waals surface area contributed by atoms with Crippen LogP contribution in [0, 0.1) is 6.92 Å². The Balaban J connectivity index is 1.38. The van der Waals surface area contributed by atoms with Gasteiger partial charge in [-0.3, -0.25) is 9.48 Å². The number of aryl methyl sites for hydroxylation is 1. The van der Waals surface area contributed by atoms with Crippen molar-refractivity contribution in [3.8, 4) is 28.7 Å². The highest BCUT2D eigenvalue weighted by Gasteiger charge is 2.19. The monoisotopic (exact) mass is 453 g/mol. The van der Waals surface area contributed by atoms with E-state index in [1.807, 2.05) is 79.7 Å². The number of carbonyl (C=O) groups excluding carboxylic acids is 1. The molecule has 1 N–H and O–H groups in total. The van der Waals surface area contributed by atoms with Crippen LogP contribution in [0.3, 0.4) is 0 Å². The summed E-state index contributed by atoms with van der Waals surface area (Å²) in [7, 11) is 1.62. The fourth-order valence-corrected chi connectivity index (χ4v) is 3.80. The van der Waals surface area contributed by atoms with Crippen molar-refractivity contribution in [3.05, 3.63) is 83.9 Å². The molecule has 5 rings (SSSR count). The first-order chi connectivity index (χ1) is 16.6. The Morgan fingerprint density at radius 1 is 1.06 bits per heavy atom. The Bertz CT molecular complexity index is 1470. The number of nitrogens with one attached hydrogen (secondary N) is 1. The third kappa shape index (κ3) is 4.38. The fraction of sp³-hybridized carbons (Fsp3) is 0.154. The molecule has 8 nitrogen and oxygen atoms in total. The highest BCUT2D eigenvalue weighted by molar-refractivity contribution is 5.92. The minimum absolute atomic E-state index is 0.0589. The van der Waals surface area contributed by atoms with E-state index in [1.165, 1.54) is 0 Å². The van der Waals surface area contributed by atoms with Gasteiger partial charge >= 0.3 is 0 Å². The summed E-state index contributed by atoms with van der Waals surface area (Å²) in [5.74, 6) is 1.39. The van der Waals surface area contributed by atoms with Gasteiger partial charge in [-0.05, 0) is 36.8 Å². The van der Waals surface area contributed by atoms with Crippen LogP contribution in [0.2, 0.25) is 0 Å². The van der Waals surface area contributed by atoms with E-state index in [-0.39, 0.29) is 12.5 Å². The Morgan fingerprint density at radius 2 is 1.91 bits per heavy atom. The minimum Gasteiger partial charge on any atom is -0.497 e. The van der Waals surface area contributed by atoms with Gasteiger partial charge in [-0.25, -0.2) is 0 Å². The summed E-state index contributed by atoms with van der Waals surface area (Å²) >= 11 is 0. The van der Waals surface area contributed by atoms with Gasteiger partial charge in [0, 0.05) is 17.5 Å². The van der Waals surface area contributed by atoms with Gasteiger partial charge in [0.05, 0.1) is 12.6 Å². The zero-order valence-electron chi connectivity index (χ0n) is 18.9. The summed E-state index contributed by atoms with van der Waals surface area (Å²) in [6, 6.07) is 23.2. The minimum atomic E-state index is -0.159. The number of methoxy groups -OCH3 is 1. The van der Waals surface area contributed by atoms with E-state index in [1.54, 1.807) is 11.8 Å². The SMILES string of the molecule is COc1cccc(CNC(=O)Cn2nc(-c3nc(-c4cccc(C)c4)no3)c3ccccc32)c1. The number of ether oxygens (including phenoxy) is 1. The molecular weight excluding hydrogens is 430 g/mol. The predicted octanol–water partition coefficient (Wildman–Crippen LogP) is 4.39. The fourth-order valence-electron chi connectivity index (χ4n) is 3.80. The molecule has 2 heterocycles. The van der Waals surface area contributed by atoms with Crippen LogP contribution in [0.4, 0.5) is 0 Å². The first-order valence-electron chi connectivity index (χ1n) is 10.9. The lowest BCUT2D eigenvalue weighted by molar-refractivity contribution is -0.121. The van der Waals surface area contributed by atoms with Crippen molar-refractivity contribution in [2.75, 3.05) is 7.11 Å². The second-order valence-corrected chi connectivity index (χ2v) is 7.94. The van der Waals surface area contributed by atoms with Gasteiger partial charge in [0.1, 0.15) is 12.3 Å². The van der Waals surface area contributed by atoms with Gasteiger partial charge in [-0.2, -0.15) is 10.1 Å². The first-order valence-corrected chi connectivity index (χ1v) is 10.9. The maximum atomic E-state index is 12.7. The zero-order valence-corrected chi connectivity index (χ0v) is 18.9. The van der Waals surface area contributed by atoms with Crippen LogP contribution >= 0.6 is 0 Å². The van der Waals surface area contributed by atoms with E-state index >= 15 is 0 Å². The average molecular weight is 454 g/mol. The molecule has 8 heteroatoms. The van der Waals surface area contributed by atoms with Gasteiger partial charge in [0.25, 0.3) is 5.89 Å². The van der Waals surface area contributed by atoms with Crippen molar-refractivity contribution in [1.82, 2.24) is 25.2 Å². The van der Waals surface area contributed by atoms with Crippen LogP contribution in [-0.2, 0) is 17.9 Å². The van der Waals surface area contributed by atoms with Crippen molar-refractivity contribution in [1.29, 1.82) is 0 Å². The van der Waals surface area contributed by atoms with Gasteiger partial charge in [0.2, 0.25) is 11.7 Å². The summed E-state index contributed by atoms with van der Waals surface area (Å²) in [6.45, 7) is 2.47. The Kier molecular flexibility index (Phi) is 5.78. The van der Waals surface area contributed by atoms with Gasteiger partial charge in [-0.1, -0.05) is 59.3 Å². The number of rotatable bonds is 7. The number of carbonyl (C=O) groups is 1. The molecule has 5 aromatic rings. The Labute approximate surface area is 196 Å². The van der Waals surface area contributed by atoms with E-state index in [0.717, 1.165) is 33.3 Å². The predicted molar refractivity (Wildman–Crippen MR) is 128 cm³/mol. The molecule has 170 valence electrons. The number of hydrogen-bond acceptors (Lipinski definition) is 6. The first kappa shape index (κ1) is 21.4. The molecule has 0 unspecified atom stereocenters. The molecule has 3 aromatic carbocycles. The van der Waals surface area contributed by atoms with E-state index in [4.69, 9.17) is 9.26 Å². The molecule has 34 heavy (non-hydrogen) atoms. The normalized spacial score (nSPS) is 11.0. The smallest absolute Gasteiger partial charge is 0.279 e. The molecule has 0 saturated heterocycles. The van der Waals surface area contributed by atoms with Gasteiger partial charge < -0.3 is 14.6 Å². The number of nitrogens with zero attached hydrogens (tertiary/aromatic N) is 4. The van der Waals surface area contributed by atoms with E-state index in [2.05, 4.69) is 20.6 Å². The lowest BCUT2D eigenvalue weighted by Gasteiger charge is -2.07. The molecular formula is C26H23N5O3. The standard InChI is InChI=1S/C26H23N5O3/c1-17-7-5-9-19(13-17)25-28-26(34-30-25)24-21-11-3-4-12-22(21)31(29-24)16-23(32)27-15-18-8-6-10-20(14-18)33-2/h3-14H,15-16H2,1-2H3,(H,27,32). The topological polar surface area (TPSA) is 95.1 Å². The van der Waals surface area contributed by atoms with Crippen molar-refractivity contribution < 1.29 is 14.1 Å². The molecule has 2 aromatic heterocycles. The van der Waals surface area contributed by atoms with Crippen LogP contribution in [0.5, 0.6) is 5.75 Å². The van der Waals surface area contributed by atoms with Crippen LogP contribution in [-0.4, -0.2) is 32.9 Å². The quantitative estimate of drug-likeness (QED) is 0.393. The zero-order chi connectivity index (χ0) is 23.5. The molecule has 0 aliphatic heterocycles. The Hall–Kier alpha value is -4.46. The highest BCUT2D eigenvalue weighted by atomic mass is 16.5. The van der Waals surface area contributed by atoms with Crippen LogP contribution in [0.15, 0.2) is 77.3 Å². The lowest BCUT2D eigenvalue weighted by atomic mass is 10.1. The van der Waals surface area contributed by atoms with Gasteiger partial charge in [-0.15, -0.1) is 0 Å². The molecule has 0 aliphatic rings. The molecule has 0 fully saturated rings. The summed E-state index contributed by atoms with van der Waals surface area (Å²) in [4.78, 5) is 17.3. The van der Waals surface area contributed by atoms with Crippen molar-refractivity contribution in [2.24, 2.45) is 0 Å². The molecule has 0 aliphatic carbocycles. The van der Waals surface area contributed by atoms with Crippen LogP contribution in [0.25, 0.3) is 33.9 Å². The number of aromatic nitrogens is 4. The summed E-state index contributed by atoms with van der Waals surface area (Å²) in [5.41, 5.74) is 4.29. The van der Waals surface area contributed by atoms with E-state index in [9.17, 15) is 4.79 Å². The number of fused-ring (bicyclic) bond motifs is 1. The van der Waals surface area contributed by atoms with Crippen molar-refractivity contribution >= 4 is 16.8 Å². The maximum absolute atomic E-state index is 12.7. The lowest BCUT2D eigenvalue weighted by Crippen LogP contribution is -2.27. The molecule has 0 atom stereocenters. The number of para-hydroxylation sites is 1. The third-order valence-corrected chi connectivity index (χ3v) is 5.48. The number of amides is 1. The van der Waals surface area contributed by atoms with E-state index < -0.39 is 0 Å². The maximum Gasteiger partial charge on any atom is 0.279 e. The van der Waals surface area contributed by atoms with Crippen LogP contribution < -0.4 is 10.1 Å². The molecule has 0 spiro atoms. The molecule has 0 radical (unpaired) electrons. The van der Waals surface area contributed by atoms with Crippen molar-refractivity contribution in [2.45, 2.75) is 20.0 Å². The third-order valence-electron chi connectivity index (χ3n) is 5.48. The average Bonchev–Trinajstić information content (AvgIpc) is 3.48. The molecule has 0 bridgehead atoms. The highest BCUT2D eigenvalue weighted by Crippen LogP contribution is 2.28. The van der Waals surface area contributed by atoms with Crippen molar-refractivity contribution in [3.63, 3.8) is 0 Å². The largest absolute Gasteiger partial charge is 0.497 e. The molecule has 1 amide bonds. The Morgan fingerprint density at radius 3 is 2.76 bits per heavy atom. The summed E-state index contributed by atoms with van der Waals surface area (Å²) < 4.78 is 12.4. The second-order valence-electron chi connectivity index (χ2n) is 7.94.